The predicted octanol–water partition coefficient (Wildman–Crippen LogP) is 2.55. The van der Waals surface area contributed by atoms with E-state index in [-0.39, 0.29) is 5.91 Å². The lowest BCUT2D eigenvalue weighted by atomic mass is 10.1. The first-order chi connectivity index (χ1) is 10.6. The molecule has 0 fully saturated rings. The summed E-state index contributed by atoms with van der Waals surface area (Å²) in [5, 5.41) is 2.77. The highest BCUT2D eigenvalue weighted by Crippen LogP contribution is 2.32. The number of para-hydroxylation sites is 2. The zero-order valence-corrected chi connectivity index (χ0v) is 12.7. The molecule has 3 N–H and O–H groups in total. The number of nitrogens with one attached hydrogen (secondary N) is 1. The molecule has 0 bridgehead atoms. The van der Waals surface area contributed by atoms with Gasteiger partial charge in [-0.1, -0.05) is 12.1 Å². The first-order valence-electron chi connectivity index (χ1n) is 6.56. The molecular formula is C16H18N2O4. The van der Waals surface area contributed by atoms with Gasteiger partial charge in [-0.3, -0.25) is 4.79 Å². The van der Waals surface area contributed by atoms with Crippen molar-refractivity contribution in [2.24, 2.45) is 0 Å². The fourth-order valence-corrected chi connectivity index (χ4v) is 2.03. The molecule has 2 rings (SSSR count). The van der Waals surface area contributed by atoms with Gasteiger partial charge in [-0.2, -0.15) is 0 Å². The number of hydrogen-bond donors (Lipinski definition) is 2. The van der Waals surface area contributed by atoms with Crippen LogP contribution in [0.5, 0.6) is 17.2 Å². The average Bonchev–Trinajstić information content (AvgIpc) is 2.54. The van der Waals surface area contributed by atoms with Crippen molar-refractivity contribution >= 4 is 17.3 Å². The topological polar surface area (TPSA) is 82.8 Å². The van der Waals surface area contributed by atoms with Crippen molar-refractivity contribution in [2.75, 3.05) is 32.4 Å². The lowest BCUT2D eigenvalue weighted by Crippen LogP contribution is -2.15. The molecule has 0 heterocycles. The Morgan fingerprint density at radius 3 is 2.18 bits per heavy atom. The second-order valence-corrected chi connectivity index (χ2v) is 4.45. The Morgan fingerprint density at radius 1 is 0.955 bits per heavy atom. The summed E-state index contributed by atoms with van der Waals surface area (Å²) in [7, 11) is 4.54. The number of amides is 1. The summed E-state index contributed by atoms with van der Waals surface area (Å²) in [5.74, 6) is 1.11. The van der Waals surface area contributed by atoms with E-state index >= 15 is 0 Å². The van der Waals surface area contributed by atoms with E-state index in [0.717, 1.165) is 0 Å². The van der Waals surface area contributed by atoms with Gasteiger partial charge in [0.1, 0.15) is 5.75 Å². The number of nitrogen functional groups attached to an aromatic ring is 1. The molecule has 6 heteroatoms. The highest BCUT2D eigenvalue weighted by molar-refractivity contribution is 6.08. The highest BCUT2D eigenvalue weighted by Gasteiger charge is 2.16. The van der Waals surface area contributed by atoms with Gasteiger partial charge < -0.3 is 25.3 Å². The number of ether oxygens (including phenoxy) is 3. The molecule has 6 nitrogen and oxygen atoms in total. The summed E-state index contributed by atoms with van der Waals surface area (Å²) in [6, 6.07) is 10.2. The lowest BCUT2D eigenvalue weighted by molar-refractivity contribution is 0.102. The van der Waals surface area contributed by atoms with E-state index in [4.69, 9.17) is 19.9 Å². The van der Waals surface area contributed by atoms with Crippen LogP contribution in [0.3, 0.4) is 0 Å². The van der Waals surface area contributed by atoms with Crippen LogP contribution in [0.4, 0.5) is 11.4 Å². The van der Waals surface area contributed by atoms with E-state index < -0.39 is 0 Å². The molecule has 0 aromatic heterocycles. The minimum Gasteiger partial charge on any atom is -0.495 e. The molecule has 0 saturated heterocycles. The van der Waals surface area contributed by atoms with Crippen LogP contribution in [-0.4, -0.2) is 27.2 Å². The molecular weight excluding hydrogens is 284 g/mol. The zero-order valence-electron chi connectivity index (χ0n) is 12.7. The molecule has 0 aliphatic heterocycles. The number of anilines is 2. The van der Waals surface area contributed by atoms with Crippen molar-refractivity contribution < 1.29 is 19.0 Å². The summed E-state index contributed by atoms with van der Waals surface area (Å²) in [4.78, 5) is 12.4. The maximum atomic E-state index is 12.4. The van der Waals surface area contributed by atoms with Gasteiger partial charge in [0, 0.05) is 11.8 Å². The van der Waals surface area contributed by atoms with E-state index in [1.165, 1.54) is 21.3 Å². The third-order valence-corrected chi connectivity index (χ3v) is 3.16. The normalized spacial score (nSPS) is 9.95. The van der Waals surface area contributed by atoms with Gasteiger partial charge in [0.05, 0.1) is 32.6 Å². The van der Waals surface area contributed by atoms with Gasteiger partial charge in [-0.15, -0.1) is 0 Å². The Balaban J connectivity index is 2.33. The van der Waals surface area contributed by atoms with Crippen molar-refractivity contribution in [3.8, 4) is 17.2 Å². The maximum absolute atomic E-state index is 12.4. The van der Waals surface area contributed by atoms with Crippen molar-refractivity contribution in [2.45, 2.75) is 0 Å². The molecule has 0 aliphatic rings. The Hall–Kier alpha value is -2.89. The Bertz CT molecular complexity index is 686. The van der Waals surface area contributed by atoms with E-state index in [2.05, 4.69) is 5.32 Å². The molecule has 0 radical (unpaired) electrons. The molecule has 2 aromatic carbocycles. The molecule has 0 saturated carbocycles. The van der Waals surface area contributed by atoms with E-state index in [1.807, 2.05) is 6.07 Å². The van der Waals surface area contributed by atoms with Crippen LogP contribution in [0.1, 0.15) is 10.4 Å². The molecule has 0 unspecified atom stereocenters. The third kappa shape index (κ3) is 3.06. The summed E-state index contributed by atoms with van der Waals surface area (Å²) in [5.41, 5.74) is 7.07. The van der Waals surface area contributed by atoms with Gasteiger partial charge in [-0.05, 0) is 18.2 Å². The van der Waals surface area contributed by atoms with Crippen LogP contribution in [0.15, 0.2) is 36.4 Å². The number of rotatable bonds is 5. The van der Waals surface area contributed by atoms with Crippen LogP contribution >= 0.6 is 0 Å². The Morgan fingerprint density at radius 2 is 1.55 bits per heavy atom. The largest absolute Gasteiger partial charge is 0.495 e. The van der Waals surface area contributed by atoms with Crippen molar-refractivity contribution in [1.82, 2.24) is 0 Å². The van der Waals surface area contributed by atoms with Gasteiger partial charge in [-0.25, -0.2) is 0 Å². The lowest BCUT2D eigenvalue weighted by Gasteiger charge is -2.14. The molecule has 1 amide bonds. The Kier molecular flexibility index (Phi) is 4.73. The number of carbonyl (C=O) groups is 1. The third-order valence-electron chi connectivity index (χ3n) is 3.16. The summed E-state index contributed by atoms with van der Waals surface area (Å²) in [6.07, 6.45) is 0. The first kappa shape index (κ1) is 15.5. The molecule has 22 heavy (non-hydrogen) atoms. The predicted molar refractivity (Wildman–Crippen MR) is 84.9 cm³/mol. The van der Waals surface area contributed by atoms with Gasteiger partial charge >= 0.3 is 0 Å². The smallest absolute Gasteiger partial charge is 0.257 e. The van der Waals surface area contributed by atoms with Crippen LogP contribution < -0.4 is 25.3 Å². The summed E-state index contributed by atoms with van der Waals surface area (Å²) < 4.78 is 15.5. The van der Waals surface area contributed by atoms with Crippen molar-refractivity contribution in [3.05, 3.63) is 42.0 Å². The van der Waals surface area contributed by atoms with Crippen molar-refractivity contribution in [3.63, 3.8) is 0 Å². The maximum Gasteiger partial charge on any atom is 0.257 e. The van der Waals surface area contributed by atoms with E-state index in [1.54, 1.807) is 30.3 Å². The number of nitrogens with two attached hydrogens (primary N) is 1. The SMILES string of the molecule is COc1ccccc1NC(=O)c1cc(OC)c(OC)cc1N. The van der Waals surface area contributed by atoms with Crippen LogP contribution in [0.2, 0.25) is 0 Å². The summed E-state index contributed by atoms with van der Waals surface area (Å²) >= 11 is 0. The van der Waals surface area contributed by atoms with Crippen LogP contribution in [-0.2, 0) is 0 Å². The van der Waals surface area contributed by atoms with Gasteiger partial charge in [0.25, 0.3) is 5.91 Å². The molecule has 0 spiro atoms. The average molecular weight is 302 g/mol. The highest BCUT2D eigenvalue weighted by atomic mass is 16.5. The first-order valence-corrected chi connectivity index (χ1v) is 6.56. The number of benzene rings is 2. The fraction of sp³-hybridized carbons (Fsp3) is 0.188. The molecule has 0 atom stereocenters. The van der Waals surface area contributed by atoms with Crippen molar-refractivity contribution in [1.29, 1.82) is 0 Å². The number of hydrogen-bond acceptors (Lipinski definition) is 5. The van der Waals surface area contributed by atoms with Crippen LogP contribution in [0.25, 0.3) is 0 Å². The zero-order chi connectivity index (χ0) is 16.1. The quantitative estimate of drug-likeness (QED) is 0.829. The van der Waals surface area contributed by atoms with E-state index in [0.29, 0.717) is 34.2 Å². The second-order valence-electron chi connectivity index (χ2n) is 4.45. The van der Waals surface area contributed by atoms with Gasteiger partial charge in [0.2, 0.25) is 0 Å². The molecule has 2 aromatic rings. The second kappa shape index (κ2) is 6.71. The summed E-state index contributed by atoms with van der Waals surface area (Å²) in [6.45, 7) is 0. The standard InChI is InChI=1S/C16H18N2O4/c1-20-13-7-5-4-6-12(13)18-16(19)10-8-14(21-2)15(22-3)9-11(10)17/h4-9H,17H2,1-3H3,(H,18,19). The Labute approximate surface area is 128 Å². The minimum atomic E-state index is -0.358. The fourth-order valence-electron chi connectivity index (χ4n) is 2.03. The van der Waals surface area contributed by atoms with E-state index in [9.17, 15) is 4.79 Å². The molecule has 116 valence electrons. The van der Waals surface area contributed by atoms with Gasteiger partial charge in [0.15, 0.2) is 11.5 Å². The molecule has 0 aliphatic carbocycles. The monoisotopic (exact) mass is 302 g/mol. The van der Waals surface area contributed by atoms with Crippen LogP contribution in [0, 0.1) is 0 Å². The number of carbonyl (C=O) groups excluding carboxylic acids is 1. The minimum absolute atomic E-state index is 0.295. The number of methoxy groups -OCH3 is 3.